The van der Waals surface area contributed by atoms with Gasteiger partial charge in [0.1, 0.15) is 6.61 Å². The highest BCUT2D eigenvalue weighted by Crippen LogP contribution is 2.50. The van der Waals surface area contributed by atoms with Crippen molar-refractivity contribution in [2.75, 3.05) is 27.4 Å². The predicted octanol–water partition coefficient (Wildman–Crippen LogP) is 6.70. The van der Waals surface area contributed by atoms with Gasteiger partial charge in [0.05, 0.1) is 17.3 Å². The average Bonchev–Trinajstić information content (AvgIpc) is 2.91. The van der Waals surface area contributed by atoms with Gasteiger partial charge in [-0.3, -0.25) is 9.59 Å². The first-order valence-corrected chi connectivity index (χ1v) is 14.8. The number of Topliss-reactive ketones (excluding diaryl/α,β-unsaturated/α-hetero) is 2. The van der Waals surface area contributed by atoms with E-state index < -0.39 is 0 Å². The summed E-state index contributed by atoms with van der Waals surface area (Å²) in [5.41, 5.74) is 5.57. The Morgan fingerprint density at radius 1 is 0.974 bits per heavy atom. The lowest BCUT2D eigenvalue weighted by Crippen LogP contribution is -2.40. The highest BCUT2D eigenvalue weighted by atomic mass is 127. The van der Waals surface area contributed by atoms with Crippen LogP contribution >= 0.6 is 38.5 Å². The van der Waals surface area contributed by atoms with Crippen LogP contribution in [0, 0.1) is 3.57 Å². The lowest BCUT2D eigenvalue weighted by atomic mass is 9.71. The molecule has 200 valence electrons. The van der Waals surface area contributed by atoms with Crippen molar-refractivity contribution in [3.8, 4) is 11.5 Å². The minimum atomic E-state index is -0.390. The van der Waals surface area contributed by atoms with Gasteiger partial charge < -0.3 is 19.1 Å². The van der Waals surface area contributed by atoms with Crippen LogP contribution in [0.25, 0.3) is 0 Å². The molecule has 0 atom stereocenters. The van der Waals surface area contributed by atoms with Crippen molar-refractivity contribution in [2.45, 2.75) is 51.0 Å². The van der Waals surface area contributed by atoms with E-state index in [2.05, 4.69) is 43.4 Å². The topological polar surface area (TPSA) is 65.1 Å². The van der Waals surface area contributed by atoms with Crippen LogP contribution in [-0.4, -0.2) is 43.8 Å². The molecule has 0 bridgehead atoms. The second kappa shape index (κ2) is 11.9. The molecule has 0 unspecified atom stereocenters. The van der Waals surface area contributed by atoms with Crippen LogP contribution in [0.5, 0.6) is 11.5 Å². The zero-order chi connectivity index (χ0) is 26.8. The first kappa shape index (κ1) is 27.4. The molecule has 38 heavy (non-hydrogen) atoms. The average molecular weight is 692 g/mol. The third-order valence-electron chi connectivity index (χ3n) is 7.52. The number of hydrogen-bond acceptors (Lipinski definition) is 6. The number of ether oxygens (including phenoxy) is 3. The second-order valence-corrected chi connectivity index (χ2v) is 11.8. The summed E-state index contributed by atoms with van der Waals surface area (Å²) >= 11 is 5.85. The van der Waals surface area contributed by atoms with Crippen molar-refractivity contribution in [3.05, 3.63) is 78.1 Å². The minimum Gasteiger partial charge on any atom is -0.493 e. The SMILES string of the molecule is COCCN1C2=C(C(=O)CCC2)C(c2cc(I)c(OCc3ccccc3Br)c(OC)c2)C2=C1CCCC2=O. The molecule has 0 spiro atoms. The number of halogens is 2. The molecule has 8 heteroatoms. The number of rotatable bonds is 8. The van der Waals surface area contributed by atoms with Crippen LogP contribution < -0.4 is 9.47 Å². The molecule has 0 saturated carbocycles. The van der Waals surface area contributed by atoms with Gasteiger partial charge in [-0.2, -0.15) is 0 Å². The largest absolute Gasteiger partial charge is 0.493 e. The maximum Gasteiger partial charge on any atom is 0.174 e. The third kappa shape index (κ3) is 5.19. The predicted molar refractivity (Wildman–Crippen MR) is 157 cm³/mol. The van der Waals surface area contributed by atoms with Gasteiger partial charge >= 0.3 is 0 Å². The van der Waals surface area contributed by atoms with E-state index in [1.165, 1.54) is 0 Å². The zero-order valence-electron chi connectivity index (χ0n) is 21.6. The normalized spacial score (nSPS) is 18.1. The second-order valence-electron chi connectivity index (χ2n) is 9.77. The Kier molecular flexibility index (Phi) is 8.59. The van der Waals surface area contributed by atoms with Crippen molar-refractivity contribution >= 4 is 50.1 Å². The van der Waals surface area contributed by atoms with Crippen LogP contribution in [0.4, 0.5) is 0 Å². The first-order chi connectivity index (χ1) is 18.4. The van der Waals surface area contributed by atoms with E-state index in [-0.39, 0.29) is 17.5 Å². The van der Waals surface area contributed by atoms with Crippen molar-refractivity contribution in [2.24, 2.45) is 0 Å². The number of carbonyl (C=O) groups excluding carboxylic acids is 2. The monoisotopic (exact) mass is 691 g/mol. The molecule has 2 aromatic rings. The fraction of sp³-hybridized carbons (Fsp3) is 0.400. The van der Waals surface area contributed by atoms with Crippen LogP contribution in [0.1, 0.15) is 55.6 Å². The van der Waals surface area contributed by atoms with Crippen molar-refractivity contribution < 1.29 is 23.8 Å². The van der Waals surface area contributed by atoms with Crippen molar-refractivity contribution in [1.29, 1.82) is 0 Å². The van der Waals surface area contributed by atoms with Crippen LogP contribution in [0.3, 0.4) is 0 Å². The Morgan fingerprint density at radius 3 is 2.24 bits per heavy atom. The van der Waals surface area contributed by atoms with Crippen molar-refractivity contribution in [3.63, 3.8) is 0 Å². The Balaban J connectivity index is 1.60. The molecule has 0 saturated heterocycles. The Hall–Kier alpha value is -2.17. The minimum absolute atomic E-state index is 0.131. The Morgan fingerprint density at radius 2 is 1.63 bits per heavy atom. The molecule has 2 aliphatic carbocycles. The first-order valence-electron chi connectivity index (χ1n) is 13.0. The summed E-state index contributed by atoms with van der Waals surface area (Å²) in [5, 5.41) is 0. The standard InChI is InChI=1S/C30H31BrINO5/c1-36-14-13-33-22-9-5-11-24(34)28(22)27(29-23(33)10-6-12-25(29)35)19-15-21(32)30(26(16-19)37-2)38-17-18-7-3-4-8-20(18)31/h3-4,7-8,15-16,27H,5-6,9-14,17H2,1-2H3. The van der Waals surface area contributed by atoms with E-state index >= 15 is 0 Å². The maximum absolute atomic E-state index is 13.5. The van der Waals surface area contributed by atoms with Crippen LogP contribution in [0.15, 0.2) is 63.4 Å². The Labute approximate surface area is 245 Å². The lowest BCUT2D eigenvalue weighted by Gasteiger charge is -2.44. The number of methoxy groups -OCH3 is 2. The molecule has 0 N–H and O–H groups in total. The lowest BCUT2D eigenvalue weighted by molar-refractivity contribution is -0.117. The van der Waals surface area contributed by atoms with Gasteiger partial charge in [-0.05, 0) is 72.0 Å². The highest BCUT2D eigenvalue weighted by Gasteiger charge is 2.43. The van der Waals surface area contributed by atoms with E-state index in [1.807, 2.05) is 36.4 Å². The van der Waals surface area contributed by atoms with Gasteiger partial charge in [0.15, 0.2) is 23.1 Å². The molecule has 2 aromatic carbocycles. The molecule has 1 aliphatic heterocycles. The van der Waals surface area contributed by atoms with E-state index in [4.69, 9.17) is 14.2 Å². The summed E-state index contributed by atoms with van der Waals surface area (Å²) in [6.07, 6.45) is 4.32. The quantitative estimate of drug-likeness (QED) is 0.287. The molecular weight excluding hydrogens is 661 g/mol. The summed E-state index contributed by atoms with van der Waals surface area (Å²) in [4.78, 5) is 29.2. The van der Waals surface area contributed by atoms with E-state index in [0.29, 0.717) is 44.1 Å². The smallest absolute Gasteiger partial charge is 0.174 e. The van der Waals surface area contributed by atoms with E-state index in [1.54, 1.807) is 14.2 Å². The van der Waals surface area contributed by atoms with Gasteiger partial charge in [-0.15, -0.1) is 0 Å². The summed E-state index contributed by atoms with van der Waals surface area (Å²) in [5.74, 6) is 1.12. The summed E-state index contributed by atoms with van der Waals surface area (Å²) in [6, 6.07) is 12.0. The number of nitrogens with zero attached hydrogens (tertiary/aromatic N) is 1. The molecule has 0 aromatic heterocycles. The van der Waals surface area contributed by atoms with E-state index in [0.717, 1.165) is 67.4 Å². The van der Waals surface area contributed by atoms with Crippen LogP contribution in [-0.2, 0) is 20.9 Å². The molecule has 5 rings (SSSR count). The number of benzene rings is 2. The maximum atomic E-state index is 13.5. The van der Waals surface area contributed by atoms with Gasteiger partial charge in [0.2, 0.25) is 0 Å². The highest BCUT2D eigenvalue weighted by molar-refractivity contribution is 14.1. The number of hydrogen-bond donors (Lipinski definition) is 0. The molecule has 0 fully saturated rings. The molecule has 0 amide bonds. The van der Waals surface area contributed by atoms with Gasteiger partial charge in [0, 0.05) is 65.0 Å². The third-order valence-corrected chi connectivity index (χ3v) is 9.10. The van der Waals surface area contributed by atoms with Crippen LogP contribution in [0.2, 0.25) is 0 Å². The number of carbonyl (C=O) groups is 2. The zero-order valence-corrected chi connectivity index (χ0v) is 25.4. The van der Waals surface area contributed by atoms with Gasteiger partial charge in [0.25, 0.3) is 0 Å². The fourth-order valence-electron chi connectivity index (χ4n) is 5.81. The summed E-state index contributed by atoms with van der Waals surface area (Å²) < 4.78 is 19.3. The molecule has 3 aliphatic rings. The summed E-state index contributed by atoms with van der Waals surface area (Å²) in [7, 11) is 3.31. The van der Waals surface area contributed by atoms with Gasteiger partial charge in [-0.25, -0.2) is 0 Å². The fourth-order valence-corrected chi connectivity index (χ4v) is 6.99. The van der Waals surface area contributed by atoms with Crippen molar-refractivity contribution in [1.82, 2.24) is 4.90 Å². The number of ketones is 2. The molecule has 6 nitrogen and oxygen atoms in total. The molecule has 0 radical (unpaired) electrons. The summed E-state index contributed by atoms with van der Waals surface area (Å²) in [6.45, 7) is 1.56. The molecule has 1 heterocycles. The Bertz CT molecular complexity index is 1290. The number of allylic oxidation sites excluding steroid dienone is 4. The van der Waals surface area contributed by atoms with E-state index in [9.17, 15) is 9.59 Å². The molecular formula is C30H31BrINO5. The van der Waals surface area contributed by atoms with Gasteiger partial charge in [-0.1, -0.05) is 34.1 Å².